The van der Waals surface area contributed by atoms with Crippen molar-refractivity contribution in [2.45, 2.75) is 19.0 Å². The van der Waals surface area contributed by atoms with E-state index in [0.29, 0.717) is 26.2 Å². The van der Waals surface area contributed by atoms with Crippen molar-refractivity contribution in [2.24, 2.45) is 0 Å². The molecule has 2 aliphatic rings. The number of hydrogen-bond donors (Lipinski definition) is 1. The van der Waals surface area contributed by atoms with Gasteiger partial charge in [0.15, 0.2) is 0 Å². The summed E-state index contributed by atoms with van der Waals surface area (Å²) in [6.45, 7) is 1.86. The highest BCUT2D eigenvalue weighted by Gasteiger charge is 2.33. The second kappa shape index (κ2) is 7.98. The minimum Gasteiger partial charge on any atom is -0.353 e. The molecule has 4 amide bonds. The highest BCUT2D eigenvalue weighted by molar-refractivity contribution is 5.96. The molecule has 3 heterocycles. The zero-order chi connectivity index (χ0) is 20.3. The minimum atomic E-state index is -4.54. The van der Waals surface area contributed by atoms with Gasteiger partial charge in [-0.3, -0.25) is 14.9 Å². The number of alkyl halides is 3. The summed E-state index contributed by atoms with van der Waals surface area (Å²) < 4.78 is 38.3. The predicted octanol–water partition coefficient (Wildman–Crippen LogP) is 0.476. The van der Waals surface area contributed by atoms with E-state index in [1.54, 1.807) is 9.80 Å². The standard InChI is InChI=1S/C16H19F3N6O3/c17-16(18,19)11-9-12(21-10-20-11)23-5-7-24(8-6-23)14(27)2-4-25-3-1-13(26)22-15(25)28/h9-10H,1-8H2,(H,22,26,28). The maximum Gasteiger partial charge on any atom is 0.433 e. The van der Waals surface area contributed by atoms with Gasteiger partial charge in [-0.2, -0.15) is 13.2 Å². The summed E-state index contributed by atoms with van der Waals surface area (Å²) in [4.78, 5) is 47.0. The number of carbonyl (C=O) groups is 3. The normalized spacial score (nSPS) is 18.3. The van der Waals surface area contributed by atoms with Crippen molar-refractivity contribution >= 4 is 23.7 Å². The average Bonchev–Trinajstić information content (AvgIpc) is 2.67. The van der Waals surface area contributed by atoms with Crippen molar-refractivity contribution in [3.05, 3.63) is 18.1 Å². The second-order valence-corrected chi connectivity index (χ2v) is 6.47. The predicted molar refractivity (Wildman–Crippen MR) is 90.2 cm³/mol. The maximum atomic E-state index is 12.8. The molecule has 2 aliphatic heterocycles. The van der Waals surface area contributed by atoms with Gasteiger partial charge in [-0.25, -0.2) is 14.8 Å². The van der Waals surface area contributed by atoms with Crippen LogP contribution in [-0.2, 0) is 15.8 Å². The van der Waals surface area contributed by atoms with Gasteiger partial charge in [-0.1, -0.05) is 0 Å². The molecular weight excluding hydrogens is 381 g/mol. The fourth-order valence-electron chi connectivity index (χ4n) is 3.06. The molecule has 28 heavy (non-hydrogen) atoms. The number of imide groups is 1. The van der Waals surface area contributed by atoms with Gasteiger partial charge in [-0.05, 0) is 0 Å². The van der Waals surface area contributed by atoms with E-state index in [1.165, 1.54) is 4.90 Å². The first kappa shape index (κ1) is 19.8. The molecule has 1 aromatic heterocycles. The van der Waals surface area contributed by atoms with E-state index in [4.69, 9.17) is 0 Å². The molecule has 12 heteroatoms. The molecule has 0 radical (unpaired) electrons. The molecule has 0 bridgehead atoms. The zero-order valence-corrected chi connectivity index (χ0v) is 14.9. The summed E-state index contributed by atoms with van der Waals surface area (Å²) in [7, 11) is 0. The Morgan fingerprint density at radius 2 is 1.82 bits per heavy atom. The molecular formula is C16H19F3N6O3. The fourth-order valence-corrected chi connectivity index (χ4v) is 3.06. The molecule has 0 aromatic carbocycles. The Morgan fingerprint density at radius 1 is 1.11 bits per heavy atom. The number of nitrogens with one attached hydrogen (secondary N) is 1. The van der Waals surface area contributed by atoms with Crippen LogP contribution in [0.2, 0.25) is 0 Å². The number of urea groups is 1. The van der Waals surface area contributed by atoms with Crippen LogP contribution in [0.1, 0.15) is 18.5 Å². The number of amides is 4. The largest absolute Gasteiger partial charge is 0.433 e. The molecule has 0 saturated carbocycles. The smallest absolute Gasteiger partial charge is 0.353 e. The van der Waals surface area contributed by atoms with E-state index in [2.05, 4.69) is 15.3 Å². The van der Waals surface area contributed by atoms with Gasteiger partial charge in [0, 0.05) is 58.2 Å². The number of piperazine rings is 1. The number of nitrogens with zero attached hydrogens (tertiary/aromatic N) is 5. The molecule has 9 nitrogen and oxygen atoms in total. The highest BCUT2D eigenvalue weighted by atomic mass is 19.4. The monoisotopic (exact) mass is 400 g/mol. The van der Waals surface area contributed by atoms with Crippen LogP contribution < -0.4 is 10.2 Å². The molecule has 0 aliphatic carbocycles. The van der Waals surface area contributed by atoms with Crippen LogP contribution >= 0.6 is 0 Å². The molecule has 1 N–H and O–H groups in total. The highest BCUT2D eigenvalue weighted by Crippen LogP contribution is 2.29. The lowest BCUT2D eigenvalue weighted by atomic mass is 10.2. The lowest BCUT2D eigenvalue weighted by Crippen LogP contribution is -2.52. The van der Waals surface area contributed by atoms with E-state index in [-0.39, 0.29) is 43.6 Å². The van der Waals surface area contributed by atoms with Gasteiger partial charge in [-0.15, -0.1) is 0 Å². The SMILES string of the molecule is O=C1CCN(CCC(=O)N2CCN(c3cc(C(F)(F)F)ncn3)CC2)C(=O)N1. The number of halogens is 3. The molecule has 152 valence electrons. The quantitative estimate of drug-likeness (QED) is 0.789. The van der Waals surface area contributed by atoms with E-state index in [9.17, 15) is 27.6 Å². The summed E-state index contributed by atoms with van der Waals surface area (Å²) in [5.41, 5.74) is -1.01. The molecule has 0 atom stereocenters. The van der Waals surface area contributed by atoms with Gasteiger partial charge in [0.05, 0.1) is 0 Å². The Morgan fingerprint density at radius 3 is 2.46 bits per heavy atom. The second-order valence-electron chi connectivity index (χ2n) is 6.47. The van der Waals surface area contributed by atoms with E-state index < -0.39 is 17.9 Å². The number of rotatable bonds is 4. The number of carbonyl (C=O) groups excluding carboxylic acids is 3. The third-order valence-corrected chi connectivity index (χ3v) is 4.64. The summed E-state index contributed by atoms with van der Waals surface area (Å²) >= 11 is 0. The van der Waals surface area contributed by atoms with Gasteiger partial charge in [0.2, 0.25) is 11.8 Å². The summed E-state index contributed by atoms with van der Waals surface area (Å²) in [5.74, 6) is -0.311. The van der Waals surface area contributed by atoms with Crippen LogP contribution in [0.15, 0.2) is 12.4 Å². The van der Waals surface area contributed by atoms with Crippen LogP contribution in [0.3, 0.4) is 0 Å². The Hall–Kier alpha value is -2.92. The Labute approximate surface area is 158 Å². The Bertz CT molecular complexity index is 764. The van der Waals surface area contributed by atoms with Crippen molar-refractivity contribution in [3.8, 4) is 0 Å². The van der Waals surface area contributed by atoms with Crippen molar-refractivity contribution in [2.75, 3.05) is 44.2 Å². The van der Waals surface area contributed by atoms with Crippen LogP contribution in [0, 0.1) is 0 Å². The molecule has 2 saturated heterocycles. The van der Waals surface area contributed by atoms with Gasteiger partial charge < -0.3 is 14.7 Å². The molecule has 0 spiro atoms. The Balaban J connectivity index is 1.49. The zero-order valence-electron chi connectivity index (χ0n) is 14.9. The van der Waals surface area contributed by atoms with Gasteiger partial charge in [0.25, 0.3) is 0 Å². The number of hydrogen-bond acceptors (Lipinski definition) is 6. The third-order valence-electron chi connectivity index (χ3n) is 4.64. The summed E-state index contributed by atoms with van der Waals surface area (Å²) in [6, 6.07) is 0.395. The summed E-state index contributed by atoms with van der Waals surface area (Å²) in [5, 5.41) is 2.20. The van der Waals surface area contributed by atoms with Crippen LogP contribution in [-0.4, -0.2) is 76.9 Å². The van der Waals surface area contributed by atoms with Gasteiger partial charge >= 0.3 is 12.2 Å². The van der Waals surface area contributed by atoms with E-state index in [1.807, 2.05) is 0 Å². The van der Waals surface area contributed by atoms with E-state index in [0.717, 1.165) is 12.4 Å². The van der Waals surface area contributed by atoms with Crippen molar-refractivity contribution < 1.29 is 27.6 Å². The van der Waals surface area contributed by atoms with Crippen molar-refractivity contribution in [1.29, 1.82) is 0 Å². The molecule has 2 fully saturated rings. The first-order valence-electron chi connectivity index (χ1n) is 8.75. The molecule has 3 rings (SSSR count). The first-order valence-corrected chi connectivity index (χ1v) is 8.75. The lowest BCUT2D eigenvalue weighted by molar-refractivity contribution is -0.141. The number of aromatic nitrogens is 2. The maximum absolute atomic E-state index is 12.8. The molecule has 0 unspecified atom stereocenters. The first-order chi connectivity index (χ1) is 13.2. The topological polar surface area (TPSA) is 98.7 Å². The minimum absolute atomic E-state index is 0.118. The average molecular weight is 400 g/mol. The molecule has 1 aromatic rings. The summed E-state index contributed by atoms with van der Waals surface area (Å²) in [6.07, 6.45) is -3.34. The van der Waals surface area contributed by atoms with Crippen LogP contribution in [0.5, 0.6) is 0 Å². The van der Waals surface area contributed by atoms with Crippen molar-refractivity contribution in [3.63, 3.8) is 0 Å². The fraction of sp³-hybridized carbons (Fsp3) is 0.562. The van der Waals surface area contributed by atoms with Crippen LogP contribution in [0.25, 0.3) is 0 Å². The Kier molecular flexibility index (Phi) is 5.66. The van der Waals surface area contributed by atoms with E-state index >= 15 is 0 Å². The van der Waals surface area contributed by atoms with Crippen molar-refractivity contribution in [1.82, 2.24) is 25.1 Å². The number of anilines is 1. The van der Waals surface area contributed by atoms with Gasteiger partial charge in [0.1, 0.15) is 17.8 Å². The lowest BCUT2D eigenvalue weighted by Gasteiger charge is -2.36. The third kappa shape index (κ3) is 4.67. The van der Waals surface area contributed by atoms with Crippen LogP contribution in [0.4, 0.5) is 23.8 Å².